The van der Waals surface area contributed by atoms with E-state index < -0.39 is 0 Å². The van der Waals surface area contributed by atoms with Crippen molar-refractivity contribution in [1.82, 2.24) is 4.90 Å². The van der Waals surface area contributed by atoms with Crippen LogP contribution in [0.15, 0.2) is 58.7 Å². The molecule has 2 aliphatic heterocycles. The highest BCUT2D eigenvalue weighted by molar-refractivity contribution is 7.12. The van der Waals surface area contributed by atoms with Crippen LogP contribution in [-0.2, 0) is 0 Å². The van der Waals surface area contributed by atoms with E-state index in [1.165, 1.54) is 11.3 Å². The zero-order chi connectivity index (χ0) is 14.2. The van der Waals surface area contributed by atoms with Gasteiger partial charge in [-0.05, 0) is 23.6 Å². The average molecular weight is 295 g/mol. The van der Waals surface area contributed by atoms with Gasteiger partial charge in [-0.25, -0.2) is 0 Å². The molecule has 0 saturated heterocycles. The van der Waals surface area contributed by atoms with Crippen LogP contribution in [0.2, 0.25) is 0 Å². The third kappa shape index (κ3) is 2.06. The van der Waals surface area contributed by atoms with Crippen molar-refractivity contribution in [3.63, 3.8) is 0 Å². The van der Waals surface area contributed by atoms with Crippen molar-refractivity contribution in [2.24, 2.45) is 4.99 Å². The van der Waals surface area contributed by atoms with E-state index in [9.17, 15) is 4.79 Å². The minimum Gasteiger partial charge on any atom is -0.341 e. The number of hydrogen-bond donors (Lipinski definition) is 1. The Bertz CT molecular complexity index is 762. The summed E-state index contributed by atoms with van der Waals surface area (Å²) in [6, 6.07) is 11.8. The second-order valence-electron chi connectivity index (χ2n) is 4.90. The number of anilines is 1. The standard InChI is InChI=1S/C16H13N3OS/c20-13(14-6-3-9-21-14)10-15-18-12-5-2-1-4-11(12)16-17-7-8-19(15)16/h1-6,9-10,18H,7-8H2. The highest BCUT2D eigenvalue weighted by Crippen LogP contribution is 2.29. The van der Waals surface area contributed by atoms with Crippen molar-refractivity contribution in [3.05, 3.63) is 64.1 Å². The van der Waals surface area contributed by atoms with Crippen LogP contribution in [0.1, 0.15) is 15.2 Å². The first kappa shape index (κ1) is 12.3. The molecular weight excluding hydrogens is 282 g/mol. The summed E-state index contributed by atoms with van der Waals surface area (Å²) >= 11 is 1.46. The Morgan fingerprint density at radius 2 is 2.19 bits per heavy atom. The van der Waals surface area contributed by atoms with Crippen molar-refractivity contribution in [3.8, 4) is 0 Å². The fraction of sp³-hybridized carbons (Fsp3) is 0.125. The first-order valence-corrected chi connectivity index (χ1v) is 7.69. The van der Waals surface area contributed by atoms with E-state index in [2.05, 4.69) is 21.3 Å². The third-order valence-corrected chi connectivity index (χ3v) is 4.48. The van der Waals surface area contributed by atoms with Crippen molar-refractivity contribution >= 4 is 28.6 Å². The van der Waals surface area contributed by atoms with Crippen LogP contribution < -0.4 is 5.32 Å². The molecule has 0 radical (unpaired) electrons. The summed E-state index contributed by atoms with van der Waals surface area (Å²) in [4.78, 5) is 19.7. The molecular formula is C16H13N3OS. The molecule has 4 nitrogen and oxygen atoms in total. The predicted molar refractivity (Wildman–Crippen MR) is 84.9 cm³/mol. The number of thiophene rings is 1. The summed E-state index contributed by atoms with van der Waals surface area (Å²) < 4.78 is 0. The van der Waals surface area contributed by atoms with Crippen molar-refractivity contribution < 1.29 is 4.79 Å². The maximum Gasteiger partial charge on any atom is 0.199 e. The Morgan fingerprint density at radius 1 is 1.29 bits per heavy atom. The summed E-state index contributed by atoms with van der Waals surface area (Å²) in [5, 5.41) is 5.27. The molecule has 1 aromatic carbocycles. The summed E-state index contributed by atoms with van der Waals surface area (Å²) in [5.41, 5.74) is 2.09. The van der Waals surface area contributed by atoms with E-state index in [-0.39, 0.29) is 5.78 Å². The van der Waals surface area contributed by atoms with E-state index in [0.717, 1.165) is 40.9 Å². The van der Waals surface area contributed by atoms with Gasteiger partial charge in [0.2, 0.25) is 0 Å². The number of para-hydroxylation sites is 1. The molecule has 1 N–H and O–H groups in total. The Kier molecular flexibility index (Phi) is 2.86. The van der Waals surface area contributed by atoms with Crippen LogP contribution in [-0.4, -0.2) is 29.6 Å². The van der Waals surface area contributed by atoms with Gasteiger partial charge in [0.1, 0.15) is 11.7 Å². The number of nitrogens with one attached hydrogen (secondary N) is 1. The number of aliphatic imine (C=N–C) groups is 1. The molecule has 2 aliphatic rings. The average Bonchev–Trinajstić information content (AvgIpc) is 3.19. The minimum absolute atomic E-state index is 0.0260. The van der Waals surface area contributed by atoms with Crippen LogP contribution in [0.3, 0.4) is 0 Å². The maximum absolute atomic E-state index is 12.3. The molecule has 104 valence electrons. The first-order chi connectivity index (χ1) is 10.3. The number of carbonyl (C=O) groups excluding carboxylic acids is 1. The highest BCUT2D eigenvalue weighted by atomic mass is 32.1. The van der Waals surface area contributed by atoms with E-state index in [4.69, 9.17) is 0 Å². The maximum atomic E-state index is 12.3. The van der Waals surface area contributed by atoms with Gasteiger partial charge in [0, 0.05) is 18.2 Å². The van der Waals surface area contributed by atoms with E-state index >= 15 is 0 Å². The van der Waals surface area contributed by atoms with E-state index in [1.807, 2.05) is 35.7 Å². The smallest absolute Gasteiger partial charge is 0.199 e. The molecule has 1 aromatic heterocycles. The van der Waals surface area contributed by atoms with Gasteiger partial charge >= 0.3 is 0 Å². The Labute approximate surface area is 126 Å². The van der Waals surface area contributed by atoms with Crippen LogP contribution in [0.25, 0.3) is 0 Å². The Morgan fingerprint density at radius 3 is 3.05 bits per heavy atom. The summed E-state index contributed by atoms with van der Waals surface area (Å²) in [6.45, 7) is 1.57. The lowest BCUT2D eigenvalue weighted by atomic mass is 10.1. The number of ketones is 1. The van der Waals surface area contributed by atoms with Gasteiger partial charge in [-0.2, -0.15) is 0 Å². The number of benzene rings is 1. The molecule has 0 fully saturated rings. The van der Waals surface area contributed by atoms with Crippen LogP contribution in [0.4, 0.5) is 5.69 Å². The third-order valence-electron chi connectivity index (χ3n) is 3.59. The Balaban J connectivity index is 1.75. The van der Waals surface area contributed by atoms with Gasteiger partial charge < -0.3 is 10.2 Å². The number of allylic oxidation sites excluding steroid dienone is 1. The Hall–Kier alpha value is -2.40. The normalized spacial score (nSPS) is 18.0. The van der Waals surface area contributed by atoms with Gasteiger partial charge in [0.15, 0.2) is 5.78 Å². The van der Waals surface area contributed by atoms with E-state index in [1.54, 1.807) is 6.08 Å². The van der Waals surface area contributed by atoms with Gasteiger partial charge in [-0.15, -0.1) is 11.3 Å². The number of rotatable bonds is 2. The molecule has 4 rings (SSSR count). The number of amidine groups is 1. The van der Waals surface area contributed by atoms with Gasteiger partial charge in [0.05, 0.1) is 17.1 Å². The second kappa shape index (κ2) is 4.86. The fourth-order valence-corrected chi connectivity index (χ4v) is 3.27. The number of hydrogen-bond acceptors (Lipinski definition) is 5. The summed E-state index contributed by atoms with van der Waals surface area (Å²) in [6.07, 6.45) is 1.67. The number of nitrogens with zero attached hydrogens (tertiary/aromatic N) is 2. The number of fused-ring (bicyclic) bond motifs is 3. The SMILES string of the molecule is O=C(C=C1Nc2ccccc2C2=NCCN12)c1cccs1. The topological polar surface area (TPSA) is 44.7 Å². The molecule has 0 aliphatic carbocycles. The fourth-order valence-electron chi connectivity index (χ4n) is 2.63. The summed E-state index contributed by atoms with van der Waals surface area (Å²) in [5.74, 6) is 1.79. The highest BCUT2D eigenvalue weighted by Gasteiger charge is 2.29. The monoisotopic (exact) mass is 295 g/mol. The van der Waals surface area contributed by atoms with Crippen LogP contribution in [0, 0.1) is 0 Å². The van der Waals surface area contributed by atoms with Gasteiger partial charge in [-0.1, -0.05) is 18.2 Å². The predicted octanol–water partition coefficient (Wildman–Crippen LogP) is 2.96. The van der Waals surface area contributed by atoms with Crippen LogP contribution in [0.5, 0.6) is 0 Å². The minimum atomic E-state index is 0.0260. The number of carbonyl (C=O) groups is 1. The molecule has 21 heavy (non-hydrogen) atoms. The molecule has 0 unspecified atom stereocenters. The van der Waals surface area contributed by atoms with Crippen molar-refractivity contribution in [2.45, 2.75) is 0 Å². The molecule has 0 spiro atoms. The molecule has 0 amide bonds. The molecule has 0 atom stereocenters. The lowest BCUT2D eigenvalue weighted by molar-refractivity contribution is 0.104. The van der Waals surface area contributed by atoms with Crippen LogP contribution >= 0.6 is 11.3 Å². The summed E-state index contributed by atoms with van der Waals surface area (Å²) in [7, 11) is 0. The zero-order valence-electron chi connectivity index (χ0n) is 11.2. The van der Waals surface area contributed by atoms with Gasteiger partial charge in [0.25, 0.3) is 0 Å². The largest absolute Gasteiger partial charge is 0.341 e. The molecule has 3 heterocycles. The van der Waals surface area contributed by atoms with E-state index in [0.29, 0.717) is 0 Å². The molecule has 2 aromatic rings. The quantitative estimate of drug-likeness (QED) is 0.684. The zero-order valence-corrected chi connectivity index (χ0v) is 12.1. The second-order valence-corrected chi connectivity index (χ2v) is 5.85. The lowest BCUT2D eigenvalue weighted by Crippen LogP contribution is -2.36. The van der Waals surface area contributed by atoms with Gasteiger partial charge in [-0.3, -0.25) is 9.79 Å². The first-order valence-electron chi connectivity index (χ1n) is 6.81. The molecule has 5 heteroatoms. The lowest BCUT2D eigenvalue weighted by Gasteiger charge is -2.31. The van der Waals surface area contributed by atoms with Crippen molar-refractivity contribution in [2.75, 3.05) is 18.4 Å². The van der Waals surface area contributed by atoms with Crippen molar-refractivity contribution in [1.29, 1.82) is 0 Å². The molecule has 0 saturated carbocycles. The molecule has 0 bridgehead atoms.